The number of amides is 1. The Morgan fingerprint density at radius 2 is 1.95 bits per heavy atom. The number of carbonyl (C=O) groups is 2. The molecule has 2 aliphatic carbocycles. The van der Waals surface area contributed by atoms with Crippen molar-refractivity contribution in [3.8, 4) is 0 Å². The molecule has 0 aliphatic heterocycles. The standard InChI is InChI=1S/C15H25NO3/c1-15(2,8-14(18)19)7-13(17)16-9-12-6-10-3-4-11(12)5-10/h10-12H,3-9H2,1-2H3,(H,16,17)(H,18,19). The van der Waals surface area contributed by atoms with Crippen molar-refractivity contribution in [3.63, 3.8) is 0 Å². The van der Waals surface area contributed by atoms with Crippen LogP contribution in [-0.2, 0) is 9.59 Å². The van der Waals surface area contributed by atoms with Crippen molar-refractivity contribution in [3.05, 3.63) is 0 Å². The highest BCUT2D eigenvalue weighted by molar-refractivity contribution is 5.77. The van der Waals surface area contributed by atoms with E-state index >= 15 is 0 Å². The lowest BCUT2D eigenvalue weighted by molar-refractivity contribution is -0.139. The molecule has 2 bridgehead atoms. The lowest BCUT2D eigenvalue weighted by Gasteiger charge is -2.24. The number of rotatable bonds is 6. The van der Waals surface area contributed by atoms with Gasteiger partial charge in [0.05, 0.1) is 6.42 Å². The number of hydrogen-bond acceptors (Lipinski definition) is 2. The van der Waals surface area contributed by atoms with Gasteiger partial charge in [-0.05, 0) is 42.4 Å². The predicted octanol–water partition coefficient (Wildman–Crippen LogP) is 2.43. The second-order valence-corrected chi connectivity index (χ2v) is 7.15. The molecule has 4 heteroatoms. The molecule has 0 spiro atoms. The topological polar surface area (TPSA) is 66.4 Å². The van der Waals surface area contributed by atoms with Gasteiger partial charge >= 0.3 is 5.97 Å². The molecule has 3 unspecified atom stereocenters. The molecular formula is C15H25NO3. The summed E-state index contributed by atoms with van der Waals surface area (Å²) < 4.78 is 0. The summed E-state index contributed by atoms with van der Waals surface area (Å²) in [6.07, 6.45) is 5.65. The normalized spacial score (nSPS) is 29.5. The molecule has 2 rings (SSSR count). The highest BCUT2D eigenvalue weighted by Crippen LogP contribution is 2.47. The molecule has 2 fully saturated rings. The molecule has 0 saturated heterocycles. The van der Waals surface area contributed by atoms with E-state index in [2.05, 4.69) is 5.32 Å². The molecule has 0 aromatic carbocycles. The number of nitrogens with one attached hydrogen (secondary N) is 1. The Labute approximate surface area is 115 Å². The first kappa shape index (κ1) is 14.4. The van der Waals surface area contributed by atoms with E-state index in [1.54, 1.807) is 0 Å². The van der Waals surface area contributed by atoms with Crippen LogP contribution in [0.2, 0.25) is 0 Å². The van der Waals surface area contributed by atoms with Crippen LogP contribution in [0.1, 0.15) is 52.4 Å². The fourth-order valence-electron chi connectivity index (χ4n) is 3.84. The molecule has 0 heterocycles. The summed E-state index contributed by atoms with van der Waals surface area (Å²) in [5.41, 5.74) is -0.468. The van der Waals surface area contributed by atoms with Crippen LogP contribution in [0.25, 0.3) is 0 Å². The summed E-state index contributed by atoms with van der Waals surface area (Å²) in [4.78, 5) is 22.6. The van der Waals surface area contributed by atoms with Crippen LogP contribution in [-0.4, -0.2) is 23.5 Å². The molecular weight excluding hydrogens is 242 g/mol. The smallest absolute Gasteiger partial charge is 0.303 e. The van der Waals surface area contributed by atoms with Gasteiger partial charge in [0, 0.05) is 13.0 Å². The molecule has 0 radical (unpaired) electrons. The average Bonchev–Trinajstić information content (AvgIpc) is 2.84. The minimum atomic E-state index is -0.842. The second kappa shape index (κ2) is 5.51. The number of hydrogen-bond donors (Lipinski definition) is 2. The summed E-state index contributed by atoms with van der Waals surface area (Å²) >= 11 is 0. The highest BCUT2D eigenvalue weighted by Gasteiger charge is 2.39. The van der Waals surface area contributed by atoms with E-state index in [-0.39, 0.29) is 12.3 Å². The van der Waals surface area contributed by atoms with Crippen molar-refractivity contribution in [1.82, 2.24) is 5.32 Å². The second-order valence-electron chi connectivity index (χ2n) is 7.15. The van der Waals surface area contributed by atoms with Crippen LogP contribution in [0.15, 0.2) is 0 Å². The molecule has 108 valence electrons. The number of carbonyl (C=O) groups excluding carboxylic acids is 1. The maximum atomic E-state index is 11.9. The first-order valence-corrected chi connectivity index (χ1v) is 7.34. The lowest BCUT2D eigenvalue weighted by Crippen LogP contribution is -2.34. The zero-order valence-electron chi connectivity index (χ0n) is 11.9. The monoisotopic (exact) mass is 267 g/mol. The Morgan fingerprint density at radius 1 is 1.21 bits per heavy atom. The summed E-state index contributed by atoms with van der Waals surface area (Å²) in [5.74, 6) is 1.53. The van der Waals surface area contributed by atoms with Gasteiger partial charge in [0.2, 0.25) is 5.91 Å². The van der Waals surface area contributed by atoms with Crippen molar-refractivity contribution < 1.29 is 14.7 Å². The zero-order chi connectivity index (χ0) is 14.0. The molecule has 3 atom stereocenters. The highest BCUT2D eigenvalue weighted by atomic mass is 16.4. The number of aliphatic carboxylic acids is 1. The molecule has 4 nitrogen and oxygen atoms in total. The molecule has 0 aromatic rings. The van der Waals surface area contributed by atoms with Crippen molar-refractivity contribution in [1.29, 1.82) is 0 Å². The molecule has 2 aliphatic rings. The van der Waals surface area contributed by atoms with E-state index in [0.717, 1.165) is 18.4 Å². The average molecular weight is 267 g/mol. The quantitative estimate of drug-likeness (QED) is 0.776. The Kier molecular flexibility index (Phi) is 4.16. The van der Waals surface area contributed by atoms with E-state index < -0.39 is 11.4 Å². The van der Waals surface area contributed by atoms with Gasteiger partial charge in [0.1, 0.15) is 0 Å². The van der Waals surface area contributed by atoms with E-state index in [0.29, 0.717) is 12.3 Å². The van der Waals surface area contributed by atoms with Gasteiger partial charge in [-0.15, -0.1) is 0 Å². The van der Waals surface area contributed by atoms with Gasteiger partial charge in [-0.3, -0.25) is 9.59 Å². The largest absolute Gasteiger partial charge is 0.481 e. The first-order valence-electron chi connectivity index (χ1n) is 7.34. The van der Waals surface area contributed by atoms with Gasteiger partial charge in [0.15, 0.2) is 0 Å². The summed E-state index contributed by atoms with van der Waals surface area (Å²) in [6.45, 7) is 4.44. The van der Waals surface area contributed by atoms with Gasteiger partial charge < -0.3 is 10.4 Å². The van der Waals surface area contributed by atoms with Crippen LogP contribution >= 0.6 is 0 Å². The van der Waals surface area contributed by atoms with E-state index in [1.807, 2.05) is 13.8 Å². The van der Waals surface area contributed by atoms with Crippen molar-refractivity contribution in [2.75, 3.05) is 6.54 Å². The Balaban J connectivity index is 1.71. The minimum absolute atomic E-state index is 0.00553. The zero-order valence-corrected chi connectivity index (χ0v) is 11.9. The number of fused-ring (bicyclic) bond motifs is 2. The van der Waals surface area contributed by atoms with Gasteiger partial charge in [-0.2, -0.15) is 0 Å². The van der Waals surface area contributed by atoms with Crippen LogP contribution in [0.3, 0.4) is 0 Å². The third-order valence-corrected chi connectivity index (χ3v) is 4.71. The summed E-state index contributed by atoms with van der Waals surface area (Å²) in [6, 6.07) is 0. The minimum Gasteiger partial charge on any atom is -0.481 e. The SMILES string of the molecule is CC(C)(CC(=O)O)CC(=O)NCC1CC2CCC1C2. The van der Waals surface area contributed by atoms with Crippen molar-refractivity contribution >= 4 is 11.9 Å². The van der Waals surface area contributed by atoms with Gasteiger partial charge in [-0.1, -0.05) is 20.3 Å². The Bertz CT molecular complexity index is 364. The van der Waals surface area contributed by atoms with Crippen molar-refractivity contribution in [2.45, 2.75) is 52.4 Å². The van der Waals surface area contributed by atoms with E-state index in [1.165, 1.54) is 25.7 Å². The molecule has 19 heavy (non-hydrogen) atoms. The molecule has 2 N–H and O–H groups in total. The third kappa shape index (κ3) is 3.95. The molecule has 0 aromatic heterocycles. The Morgan fingerprint density at radius 3 is 2.47 bits per heavy atom. The van der Waals surface area contributed by atoms with E-state index in [4.69, 9.17) is 5.11 Å². The van der Waals surface area contributed by atoms with E-state index in [9.17, 15) is 9.59 Å². The van der Waals surface area contributed by atoms with Crippen LogP contribution < -0.4 is 5.32 Å². The summed E-state index contributed by atoms with van der Waals surface area (Å²) in [7, 11) is 0. The first-order chi connectivity index (χ1) is 8.85. The van der Waals surface area contributed by atoms with Crippen LogP contribution in [0.4, 0.5) is 0 Å². The fourth-order valence-corrected chi connectivity index (χ4v) is 3.84. The van der Waals surface area contributed by atoms with Crippen LogP contribution in [0.5, 0.6) is 0 Å². The summed E-state index contributed by atoms with van der Waals surface area (Å²) in [5, 5.41) is 11.8. The lowest BCUT2D eigenvalue weighted by atomic mass is 9.85. The molecule has 1 amide bonds. The third-order valence-electron chi connectivity index (χ3n) is 4.71. The maximum absolute atomic E-state index is 11.9. The number of carboxylic acid groups (broad SMARTS) is 1. The number of carboxylic acids is 1. The van der Waals surface area contributed by atoms with Crippen molar-refractivity contribution in [2.24, 2.45) is 23.2 Å². The Hall–Kier alpha value is -1.06. The van der Waals surface area contributed by atoms with Gasteiger partial charge in [0.25, 0.3) is 0 Å². The molecule has 2 saturated carbocycles. The van der Waals surface area contributed by atoms with Gasteiger partial charge in [-0.25, -0.2) is 0 Å². The van der Waals surface area contributed by atoms with Crippen LogP contribution in [0, 0.1) is 23.2 Å². The fraction of sp³-hybridized carbons (Fsp3) is 0.867. The maximum Gasteiger partial charge on any atom is 0.303 e. The predicted molar refractivity (Wildman–Crippen MR) is 72.6 cm³/mol.